The minimum Gasteiger partial charge on any atom is -0.493 e. The van der Waals surface area contributed by atoms with Crippen LogP contribution in [0, 0.1) is 0 Å². The van der Waals surface area contributed by atoms with Crippen molar-refractivity contribution >= 4 is 16.7 Å². The summed E-state index contributed by atoms with van der Waals surface area (Å²) in [6, 6.07) is 8.13. The van der Waals surface area contributed by atoms with Gasteiger partial charge in [0.25, 0.3) is 0 Å². The average Bonchev–Trinajstić information content (AvgIpc) is 2.96. The van der Waals surface area contributed by atoms with E-state index in [9.17, 15) is 0 Å². The fourth-order valence-electron chi connectivity index (χ4n) is 2.32. The van der Waals surface area contributed by atoms with Crippen LogP contribution in [0.3, 0.4) is 0 Å². The fourth-order valence-corrected chi connectivity index (χ4v) is 2.97. The SMILES string of the molecule is COCCNc1nc(C2CCOc3ccccc32)ns1. The van der Waals surface area contributed by atoms with Gasteiger partial charge in [-0.15, -0.1) is 0 Å². The molecule has 2 heterocycles. The van der Waals surface area contributed by atoms with Gasteiger partial charge in [0.15, 0.2) is 5.82 Å². The number of fused-ring (bicyclic) bond motifs is 1. The molecule has 0 radical (unpaired) electrons. The van der Waals surface area contributed by atoms with E-state index in [4.69, 9.17) is 9.47 Å². The molecule has 0 saturated carbocycles. The van der Waals surface area contributed by atoms with Gasteiger partial charge in [-0.3, -0.25) is 0 Å². The normalized spacial score (nSPS) is 17.4. The van der Waals surface area contributed by atoms with Gasteiger partial charge in [0.05, 0.1) is 19.1 Å². The van der Waals surface area contributed by atoms with E-state index in [-0.39, 0.29) is 5.92 Å². The van der Waals surface area contributed by atoms with E-state index < -0.39 is 0 Å². The molecule has 106 valence electrons. The molecule has 1 unspecified atom stereocenters. The number of rotatable bonds is 5. The van der Waals surface area contributed by atoms with E-state index in [0.29, 0.717) is 13.2 Å². The maximum absolute atomic E-state index is 5.68. The molecule has 1 aliphatic rings. The molecule has 2 aromatic rings. The molecule has 6 heteroatoms. The van der Waals surface area contributed by atoms with Crippen molar-refractivity contribution in [3.05, 3.63) is 35.7 Å². The summed E-state index contributed by atoms with van der Waals surface area (Å²) >= 11 is 1.40. The Kier molecular flexibility index (Phi) is 4.13. The maximum atomic E-state index is 5.68. The summed E-state index contributed by atoms with van der Waals surface area (Å²) in [5.41, 5.74) is 1.18. The molecule has 0 amide bonds. The number of anilines is 1. The van der Waals surface area contributed by atoms with Crippen LogP contribution in [-0.2, 0) is 4.74 Å². The zero-order chi connectivity index (χ0) is 13.8. The molecule has 1 aromatic heterocycles. The lowest BCUT2D eigenvalue weighted by molar-refractivity contribution is 0.211. The first-order valence-electron chi connectivity index (χ1n) is 6.66. The number of methoxy groups -OCH3 is 1. The van der Waals surface area contributed by atoms with E-state index in [0.717, 1.165) is 29.7 Å². The predicted molar refractivity (Wildman–Crippen MR) is 78.7 cm³/mol. The van der Waals surface area contributed by atoms with Gasteiger partial charge in [-0.05, 0) is 12.5 Å². The molecule has 5 nitrogen and oxygen atoms in total. The van der Waals surface area contributed by atoms with E-state index in [1.54, 1.807) is 7.11 Å². The Balaban J connectivity index is 1.77. The Bertz CT molecular complexity index is 573. The first-order valence-corrected chi connectivity index (χ1v) is 7.44. The Morgan fingerprint density at radius 1 is 1.45 bits per heavy atom. The Labute approximate surface area is 122 Å². The van der Waals surface area contributed by atoms with Crippen molar-refractivity contribution in [3.63, 3.8) is 0 Å². The molecule has 0 aliphatic carbocycles. The lowest BCUT2D eigenvalue weighted by Gasteiger charge is -2.23. The summed E-state index contributed by atoms with van der Waals surface area (Å²) in [6.07, 6.45) is 0.922. The van der Waals surface area contributed by atoms with Gasteiger partial charge in [-0.25, -0.2) is 4.98 Å². The van der Waals surface area contributed by atoms with Crippen molar-refractivity contribution in [1.82, 2.24) is 9.36 Å². The van der Waals surface area contributed by atoms with Crippen LogP contribution in [0.4, 0.5) is 5.13 Å². The van der Waals surface area contributed by atoms with Gasteiger partial charge < -0.3 is 14.8 Å². The molecule has 0 bridgehead atoms. The summed E-state index contributed by atoms with van der Waals surface area (Å²) in [6.45, 7) is 2.12. The highest BCUT2D eigenvalue weighted by molar-refractivity contribution is 7.09. The number of benzene rings is 1. The van der Waals surface area contributed by atoms with Crippen molar-refractivity contribution < 1.29 is 9.47 Å². The standard InChI is InChI=1S/C14H17N3O2S/c1-18-9-7-15-14-16-13(17-20-14)11-6-8-19-12-5-3-2-4-10(11)12/h2-5,11H,6-9H2,1H3,(H,15,16,17). The zero-order valence-electron chi connectivity index (χ0n) is 11.3. The second-order valence-electron chi connectivity index (χ2n) is 4.60. The van der Waals surface area contributed by atoms with Gasteiger partial charge >= 0.3 is 0 Å². The minimum atomic E-state index is 0.231. The summed E-state index contributed by atoms with van der Waals surface area (Å²) < 4.78 is 15.2. The predicted octanol–water partition coefficient (Wildman–Crippen LogP) is 2.51. The van der Waals surface area contributed by atoms with E-state index in [1.807, 2.05) is 18.2 Å². The third-order valence-corrected chi connectivity index (χ3v) is 3.98. The summed E-state index contributed by atoms with van der Waals surface area (Å²) in [5.74, 6) is 2.06. The average molecular weight is 291 g/mol. The lowest BCUT2D eigenvalue weighted by atomic mass is 9.93. The van der Waals surface area contributed by atoms with Crippen LogP contribution in [-0.4, -0.2) is 36.2 Å². The highest BCUT2D eigenvalue weighted by Crippen LogP contribution is 2.37. The highest BCUT2D eigenvalue weighted by Gasteiger charge is 2.26. The van der Waals surface area contributed by atoms with Crippen LogP contribution in [0.15, 0.2) is 24.3 Å². The smallest absolute Gasteiger partial charge is 0.202 e. The molecule has 1 aliphatic heterocycles. The third-order valence-electron chi connectivity index (χ3n) is 3.29. The molecular weight excluding hydrogens is 274 g/mol. The molecule has 0 spiro atoms. The van der Waals surface area contributed by atoms with Crippen molar-refractivity contribution in [2.24, 2.45) is 0 Å². The second-order valence-corrected chi connectivity index (χ2v) is 5.36. The number of hydrogen-bond donors (Lipinski definition) is 1. The summed E-state index contributed by atoms with van der Waals surface area (Å²) in [4.78, 5) is 4.59. The first kappa shape index (κ1) is 13.3. The molecule has 1 N–H and O–H groups in total. The number of nitrogens with one attached hydrogen (secondary N) is 1. The molecule has 3 rings (SSSR count). The van der Waals surface area contributed by atoms with Gasteiger partial charge in [-0.2, -0.15) is 4.37 Å². The van der Waals surface area contributed by atoms with E-state index >= 15 is 0 Å². The van der Waals surface area contributed by atoms with Gasteiger partial charge in [0, 0.05) is 30.8 Å². The topological polar surface area (TPSA) is 56.3 Å². The third kappa shape index (κ3) is 2.76. The van der Waals surface area contributed by atoms with Crippen molar-refractivity contribution in [3.8, 4) is 5.75 Å². The van der Waals surface area contributed by atoms with Crippen LogP contribution >= 0.6 is 11.5 Å². The Morgan fingerprint density at radius 2 is 2.35 bits per heavy atom. The number of ether oxygens (including phenoxy) is 2. The van der Waals surface area contributed by atoms with Crippen LogP contribution in [0.2, 0.25) is 0 Å². The maximum Gasteiger partial charge on any atom is 0.202 e. The molecule has 0 fully saturated rings. The fraction of sp³-hybridized carbons (Fsp3) is 0.429. The Hall–Kier alpha value is -1.66. The van der Waals surface area contributed by atoms with Gasteiger partial charge in [-0.1, -0.05) is 18.2 Å². The molecule has 1 atom stereocenters. The van der Waals surface area contributed by atoms with Crippen LogP contribution in [0.5, 0.6) is 5.75 Å². The van der Waals surface area contributed by atoms with Crippen molar-refractivity contribution in [1.29, 1.82) is 0 Å². The van der Waals surface area contributed by atoms with Crippen molar-refractivity contribution in [2.75, 3.05) is 32.2 Å². The monoisotopic (exact) mass is 291 g/mol. The van der Waals surface area contributed by atoms with E-state index in [2.05, 4.69) is 20.7 Å². The second kappa shape index (κ2) is 6.19. The van der Waals surface area contributed by atoms with Crippen molar-refractivity contribution in [2.45, 2.75) is 12.3 Å². The molecule has 1 aromatic carbocycles. The first-order chi connectivity index (χ1) is 9.88. The number of nitrogens with zero attached hydrogens (tertiary/aromatic N) is 2. The highest BCUT2D eigenvalue weighted by atomic mass is 32.1. The zero-order valence-corrected chi connectivity index (χ0v) is 12.2. The van der Waals surface area contributed by atoms with E-state index in [1.165, 1.54) is 17.1 Å². The number of para-hydroxylation sites is 1. The lowest BCUT2D eigenvalue weighted by Crippen LogP contribution is -2.16. The number of aromatic nitrogens is 2. The van der Waals surface area contributed by atoms with Crippen LogP contribution in [0.1, 0.15) is 23.7 Å². The quantitative estimate of drug-likeness (QED) is 0.858. The molecular formula is C14H17N3O2S. The van der Waals surface area contributed by atoms with Gasteiger partial charge in [0.1, 0.15) is 5.75 Å². The summed E-state index contributed by atoms with van der Waals surface area (Å²) in [7, 11) is 1.69. The van der Waals surface area contributed by atoms with Gasteiger partial charge in [0.2, 0.25) is 5.13 Å². The minimum absolute atomic E-state index is 0.231. The molecule has 20 heavy (non-hydrogen) atoms. The largest absolute Gasteiger partial charge is 0.493 e. The summed E-state index contributed by atoms with van der Waals surface area (Å²) in [5, 5.41) is 4.07. The van der Waals surface area contributed by atoms with Crippen LogP contribution < -0.4 is 10.1 Å². The molecule has 0 saturated heterocycles. The Morgan fingerprint density at radius 3 is 3.25 bits per heavy atom. The number of hydrogen-bond acceptors (Lipinski definition) is 6. The van der Waals surface area contributed by atoms with Crippen LogP contribution in [0.25, 0.3) is 0 Å².